The first-order valence-electron chi connectivity index (χ1n) is 10.5. The lowest BCUT2D eigenvalue weighted by atomic mass is 9.81. The van der Waals surface area contributed by atoms with E-state index in [-0.39, 0.29) is 68.0 Å². The minimum atomic E-state index is -0.793. The average Bonchev–Trinajstić information content (AvgIpc) is 2.84. The van der Waals surface area contributed by atoms with Crippen molar-refractivity contribution in [1.82, 2.24) is 0 Å². The molecule has 0 saturated carbocycles. The molecule has 0 radical (unpaired) electrons. The van der Waals surface area contributed by atoms with Crippen LogP contribution in [0.4, 0.5) is 22.7 Å². The van der Waals surface area contributed by atoms with Crippen LogP contribution in [-0.2, 0) is 0 Å². The highest BCUT2D eigenvalue weighted by Crippen LogP contribution is 2.44. The summed E-state index contributed by atoms with van der Waals surface area (Å²) in [7, 11) is 0. The van der Waals surface area contributed by atoms with Gasteiger partial charge in [-0.05, 0) is 48.5 Å². The number of anilines is 4. The van der Waals surface area contributed by atoms with Gasteiger partial charge in [0.25, 0.3) is 0 Å². The molecule has 0 bridgehead atoms. The third kappa shape index (κ3) is 3.53. The maximum atomic E-state index is 13.6. The normalized spacial score (nSPS) is 12.1. The van der Waals surface area contributed by atoms with Gasteiger partial charge < -0.3 is 41.3 Å². The molecule has 0 atom stereocenters. The molecule has 36 heavy (non-hydrogen) atoms. The maximum absolute atomic E-state index is 13.6. The molecule has 5 rings (SSSR count). The summed E-state index contributed by atoms with van der Waals surface area (Å²) < 4.78 is 0. The third-order valence-electron chi connectivity index (χ3n) is 5.77. The molecule has 10 nitrogen and oxygen atoms in total. The van der Waals surface area contributed by atoms with Crippen molar-refractivity contribution in [3.8, 4) is 34.5 Å². The van der Waals surface area contributed by atoms with Crippen LogP contribution in [-0.4, -0.2) is 42.2 Å². The Morgan fingerprint density at radius 1 is 0.417 bits per heavy atom. The number of aromatic hydroxyl groups is 6. The van der Waals surface area contributed by atoms with Crippen LogP contribution in [0.5, 0.6) is 34.5 Å². The number of nitrogens with one attached hydrogen (secondary N) is 2. The lowest BCUT2D eigenvalue weighted by molar-refractivity contribution is 0.0975. The van der Waals surface area contributed by atoms with E-state index in [0.717, 1.165) is 0 Å². The molecule has 0 fully saturated rings. The summed E-state index contributed by atoms with van der Waals surface area (Å²) in [6, 6.07) is 12.4. The van der Waals surface area contributed by atoms with Crippen LogP contribution in [0.1, 0.15) is 31.8 Å². The minimum absolute atomic E-state index is 0.0351. The van der Waals surface area contributed by atoms with E-state index in [2.05, 4.69) is 10.6 Å². The Morgan fingerprint density at radius 3 is 1.17 bits per heavy atom. The predicted molar refractivity (Wildman–Crippen MR) is 129 cm³/mol. The lowest BCUT2D eigenvalue weighted by Gasteiger charge is -2.24. The van der Waals surface area contributed by atoms with Gasteiger partial charge in [-0.25, -0.2) is 0 Å². The molecule has 0 aliphatic heterocycles. The minimum Gasteiger partial charge on any atom is -0.508 e. The highest BCUT2D eigenvalue weighted by Gasteiger charge is 2.38. The van der Waals surface area contributed by atoms with Gasteiger partial charge in [0, 0.05) is 12.1 Å². The largest absolute Gasteiger partial charge is 0.508 e. The van der Waals surface area contributed by atoms with Crippen LogP contribution in [0.25, 0.3) is 0 Å². The van der Waals surface area contributed by atoms with Crippen molar-refractivity contribution < 1.29 is 40.2 Å². The SMILES string of the molecule is O=C1c2c(O)ccc(Nc3cc(O)ccc3O)c2C(=O)c2c(O)ccc(Nc3cc(O)ccc3O)c21. The van der Waals surface area contributed by atoms with E-state index in [0.29, 0.717) is 0 Å². The summed E-state index contributed by atoms with van der Waals surface area (Å²) in [6.45, 7) is 0. The van der Waals surface area contributed by atoms with Crippen molar-refractivity contribution in [2.24, 2.45) is 0 Å². The first-order chi connectivity index (χ1) is 17.2. The van der Waals surface area contributed by atoms with E-state index in [1.807, 2.05) is 0 Å². The number of phenolic OH excluding ortho intramolecular Hbond substituents is 6. The van der Waals surface area contributed by atoms with Crippen molar-refractivity contribution in [1.29, 1.82) is 0 Å². The zero-order chi connectivity index (χ0) is 25.7. The van der Waals surface area contributed by atoms with E-state index >= 15 is 0 Å². The molecule has 4 aromatic rings. The molecule has 0 unspecified atom stereocenters. The van der Waals surface area contributed by atoms with Gasteiger partial charge in [-0.2, -0.15) is 0 Å². The number of ketones is 2. The Kier molecular flexibility index (Phi) is 5.06. The molecule has 8 N–H and O–H groups in total. The number of hydrogen-bond acceptors (Lipinski definition) is 10. The van der Waals surface area contributed by atoms with Gasteiger partial charge in [-0.3, -0.25) is 9.59 Å². The molecular weight excluding hydrogens is 468 g/mol. The van der Waals surface area contributed by atoms with Crippen molar-refractivity contribution >= 4 is 34.3 Å². The Morgan fingerprint density at radius 2 is 0.778 bits per heavy atom. The van der Waals surface area contributed by atoms with Crippen molar-refractivity contribution in [2.75, 3.05) is 10.6 Å². The summed E-state index contributed by atoms with van der Waals surface area (Å²) >= 11 is 0. The smallest absolute Gasteiger partial charge is 0.200 e. The van der Waals surface area contributed by atoms with Crippen molar-refractivity contribution in [3.05, 3.63) is 82.9 Å². The summed E-state index contributed by atoms with van der Waals surface area (Å²) in [6.07, 6.45) is 0. The van der Waals surface area contributed by atoms with Crippen LogP contribution in [0.15, 0.2) is 60.7 Å². The number of carbonyl (C=O) groups is 2. The van der Waals surface area contributed by atoms with Gasteiger partial charge in [0.1, 0.15) is 34.5 Å². The topological polar surface area (TPSA) is 180 Å². The molecule has 0 saturated heterocycles. The third-order valence-corrected chi connectivity index (χ3v) is 5.77. The summed E-state index contributed by atoms with van der Waals surface area (Å²) in [4.78, 5) is 27.2. The fourth-order valence-electron chi connectivity index (χ4n) is 4.11. The second-order valence-corrected chi connectivity index (χ2v) is 8.08. The van der Waals surface area contributed by atoms with E-state index in [1.165, 1.54) is 60.7 Å². The Hall–Kier alpha value is -5.38. The molecule has 10 heteroatoms. The number of benzene rings is 4. The molecule has 0 aromatic heterocycles. The standard InChI is InChI=1S/C26H18N2O8/c29-11-1-5-17(31)15(9-11)27-13-3-7-19(33)23-21(13)25(35)24-20(34)8-4-14(22(24)26(23)36)28-16-10-12(30)2-6-18(16)32/h1-10,27-34H. The number of rotatable bonds is 4. The van der Waals surface area contributed by atoms with Crippen LogP contribution in [0, 0.1) is 0 Å². The molecular formula is C26H18N2O8. The van der Waals surface area contributed by atoms with Crippen LogP contribution >= 0.6 is 0 Å². The maximum Gasteiger partial charge on any atom is 0.200 e. The molecule has 0 amide bonds. The number of hydrogen-bond donors (Lipinski definition) is 8. The molecule has 180 valence electrons. The van der Waals surface area contributed by atoms with Gasteiger partial charge in [-0.1, -0.05) is 0 Å². The quantitative estimate of drug-likeness (QED) is 0.136. The Balaban J connectivity index is 1.67. The lowest BCUT2D eigenvalue weighted by Crippen LogP contribution is -2.23. The van der Waals surface area contributed by atoms with Crippen LogP contribution in [0.3, 0.4) is 0 Å². The fourth-order valence-corrected chi connectivity index (χ4v) is 4.11. The zero-order valence-corrected chi connectivity index (χ0v) is 18.3. The van der Waals surface area contributed by atoms with Crippen LogP contribution in [0.2, 0.25) is 0 Å². The van der Waals surface area contributed by atoms with E-state index < -0.39 is 23.1 Å². The van der Waals surface area contributed by atoms with E-state index in [1.54, 1.807) is 0 Å². The van der Waals surface area contributed by atoms with Gasteiger partial charge in [0.15, 0.2) is 0 Å². The van der Waals surface area contributed by atoms with Gasteiger partial charge in [-0.15, -0.1) is 0 Å². The predicted octanol–water partition coefficient (Wildman–Crippen LogP) is 4.18. The average molecular weight is 486 g/mol. The second kappa shape index (κ2) is 8.13. The zero-order valence-electron chi connectivity index (χ0n) is 18.3. The summed E-state index contributed by atoms with van der Waals surface area (Å²) in [5, 5.41) is 66.4. The van der Waals surface area contributed by atoms with Gasteiger partial charge in [0.05, 0.1) is 45.0 Å². The first-order valence-corrected chi connectivity index (χ1v) is 10.5. The monoisotopic (exact) mass is 486 g/mol. The van der Waals surface area contributed by atoms with Gasteiger partial charge >= 0.3 is 0 Å². The number of fused-ring (bicyclic) bond motifs is 2. The number of carbonyl (C=O) groups excluding carboxylic acids is 2. The van der Waals surface area contributed by atoms with E-state index in [9.17, 15) is 40.2 Å². The molecule has 0 spiro atoms. The van der Waals surface area contributed by atoms with Crippen molar-refractivity contribution in [3.63, 3.8) is 0 Å². The Labute approximate surface area is 203 Å². The fraction of sp³-hybridized carbons (Fsp3) is 0. The highest BCUT2D eigenvalue weighted by molar-refractivity contribution is 6.33. The number of phenols is 6. The molecule has 4 aromatic carbocycles. The molecule has 0 heterocycles. The summed E-state index contributed by atoms with van der Waals surface area (Å²) in [5.41, 5.74) is -1.03. The highest BCUT2D eigenvalue weighted by atomic mass is 16.3. The first kappa shape index (κ1) is 22.4. The second-order valence-electron chi connectivity index (χ2n) is 8.08. The van der Waals surface area contributed by atoms with Gasteiger partial charge in [0.2, 0.25) is 11.6 Å². The molecule has 1 aliphatic carbocycles. The molecule has 1 aliphatic rings. The summed E-state index contributed by atoms with van der Waals surface area (Å²) in [5.74, 6) is -3.39. The Bertz CT molecular complexity index is 1480. The van der Waals surface area contributed by atoms with Crippen molar-refractivity contribution in [2.45, 2.75) is 0 Å². The van der Waals surface area contributed by atoms with Crippen LogP contribution < -0.4 is 10.6 Å². The van der Waals surface area contributed by atoms with E-state index in [4.69, 9.17) is 0 Å².